The third-order valence-corrected chi connectivity index (χ3v) is 32.1. The molecule has 22 rings (SSSR count). The number of carbonyl (C=O) groups excluding carboxylic acids is 2. The highest BCUT2D eigenvalue weighted by atomic mass is 16.6. The Kier molecular flexibility index (Phi) is 11.2. The number of nitrogens with zero attached hydrogens (tertiary/aromatic N) is 2. The number of piperidine rings is 2. The molecule has 18 unspecified atom stereocenters. The molecule has 1 aromatic carbocycles. The van der Waals surface area contributed by atoms with E-state index in [1.807, 2.05) is 0 Å². The first-order chi connectivity index (χ1) is 41.0. The molecule has 8 saturated carbocycles. The molecule has 9 heterocycles. The largest absolute Gasteiger partial charge is 0.509 e. The zero-order valence-corrected chi connectivity index (χ0v) is 51.4. The number of allylic oxidation sites excluding steroid dienone is 4. The van der Waals surface area contributed by atoms with Crippen LogP contribution in [0.15, 0.2) is 64.3 Å². The van der Waals surface area contributed by atoms with Crippen molar-refractivity contribution in [3.63, 3.8) is 0 Å². The second kappa shape index (κ2) is 18.0. The maximum absolute atomic E-state index is 17.1. The highest BCUT2D eigenvalue weighted by Crippen LogP contribution is 2.89. The van der Waals surface area contributed by atoms with Gasteiger partial charge >= 0.3 is 11.9 Å². The molecule has 1 aromatic rings. The number of esters is 2. The first-order valence-corrected chi connectivity index (χ1v) is 36.3. The number of ether oxygens (including phenoxy) is 2. The molecular weight excluding hydrogens is 1030 g/mol. The molecule has 8 spiro atoms. The van der Waals surface area contributed by atoms with Gasteiger partial charge in [0.05, 0.1) is 11.0 Å². The maximum atomic E-state index is 17.1. The van der Waals surface area contributed by atoms with Crippen LogP contribution in [0.1, 0.15) is 247 Å². The van der Waals surface area contributed by atoms with E-state index >= 15 is 9.59 Å². The van der Waals surface area contributed by atoms with Crippen LogP contribution in [-0.2, 0) is 26.3 Å². The Bertz CT molecular complexity index is 3120. The van der Waals surface area contributed by atoms with Gasteiger partial charge in [0.15, 0.2) is 11.4 Å². The average molecular weight is 1140 g/mol. The molecule has 3 saturated heterocycles. The van der Waals surface area contributed by atoms with Crippen LogP contribution in [-0.4, -0.2) is 65.1 Å². The third kappa shape index (κ3) is 6.15. The number of rotatable bonds is 5. The Balaban J connectivity index is 0.842. The summed E-state index contributed by atoms with van der Waals surface area (Å²) in [6.07, 6.45) is 49.0. The third-order valence-electron chi connectivity index (χ3n) is 32.1. The summed E-state index contributed by atoms with van der Waals surface area (Å²) in [6.45, 7) is 6.54. The number of aryl methyl sites for hydroxylation is 1. The van der Waals surface area contributed by atoms with Crippen molar-refractivity contribution in [3.8, 4) is 0 Å². The summed E-state index contributed by atoms with van der Waals surface area (Å²) < 4.78 is 15.2. The summed E-state index contributed by atoms with van der Waals surface area (Å²) in [5.41, 5.74) is 14.4. The van der Waals surface area contributed by atoms with E-state index in [1.165, 1.54) is 185 Å². The molecule has 21 aliphatic rings. The molecule has 3 N–H and O–H groups in total. The summed E-state index contributed by atoms with van der Waals surface area (Å²) in [5, 5.41) is 14.3. The number of aliphatic hydroxyl groups is 1. The molecule has 8 heteroatoms. The van der Waals surface area contributed by atoms with E-state index in [0.717, 1.165) is 62.0 Å². The van der Waals surface area contributed by atoms with Gasteiger partial charge in [-0.15, -0.1) is 0 Å². The van der Waals surface area contributed by atoms with Crippen molar-refractivity contribution in [3.05, 3.63) is 81.0 Å². The number of fused-ring (bicyclic) bond motifs is 6. The Morgan fingerprint density at radius 2 is 1.45 bits per heavy atom. The monoisotopic (exact) mass is 1140 g/mol. The number of hydrogen-bond donors (Lipinski definition) is 2. The van der Waals surface area contributed by atoms with Crippen LogP contribution in [0, 0.1) is 97.1 Å². The minimum absolute atomic E-state index is 0.0994. The van der Waals surface area contributed by atoms with E-state index in [0.29, 0.717) is 112 Å². The predicted octanol–water partition coefficient (Wildman–Crippen LogP) is 15.9. The number of benzene rings is 1. The van der Waals surface area contributed by atoms with E-state index in [9.17, 15) is 5.11 Å². The van der Waals surface area contributed by atoms with Gasteiger partial charge in [0.2, 0.25) is 0 Å². The Morgan fingerprint density at radius 1 is 0.702 bits per heavy atom. The lowest BCUT2D eigenvalue weighted by Gasteiger charge is -2.73. The summed E-state index contributed by atoms with van der Waals surface area (Å²) in [5.74, 6) is 4.16. The Morgan fingerprint density at radius 3 is 2.29 bits per heavy atom. The van der Waals surface area contributed by atoms with Gasteiger partial charge < -0.3 is 25.2 Å². The molecule has 84 heavy (non-hydrogen) atoms. The Labute approximate surface area is 502 Å². The van der Waals surface area contributed by atoms with Crippen molar-refractivity contribution in [1.29, 1.82) is 0 Å². The van der Waals surface area contributed by atoms with Crippen LogP contribution >= 0.6 is 0 Å². The number of carbonyl (C=O) groups is 2. The fourth-order valence-corrected chi connectivity index (χ4v) is 29.8. The second-order valence-electron chi connectivity index (χ2n) is 34.1. The van der Waals surface area contributed by atoms with Crippen molar-refractivity contribution in [2.45, 2.75) is 249 Å². The molecular formula is C76H101N3O5. The summed E-state index contributed by atoms with van der Waals surface area (Å²) >= 11 is 0. The van der Waals surface area contributed by atoms with E-state index in [1.54, 1.807) is 16.8 Å². The molecule has 12 aliphatic carbocycles. The van der Waals surface area contributed by atoms with E-state index < -0.39 is 16.4 Å². The molecule has 0 aromatic heterocycles. The lowest BCUT2D eigenvalue weighted by Crippen LogP contribution is -2.78. The first kappa shape index (κ1) is 52.6. The number of nitrogens with two attached hydrogens (primary N) is 1. The van der Waals surface area contributed by atoms with Gasteiger partial charge in [0, 0.05) is 61.2 Å². The van der Waals surface area contributed by atoms with Crippen LogP contribution < -0.4 is 5.73 Å². The van der Waals surface area contributed by atoms with Crippen molar-refractivity contribution in [1.82, 2.24) is 9.80 Å². The van der Waals surface area contributed by atoms with Gasteiger partial charge in [0.1, 0.15) is 11.2 Å². The quantitative estimate of drug-likeness (QED) is 0.222. The van der Waals surface area contributed by atoms with Crippen LogP contribution in [0.25, 0.3) is 0 Å². The van der Waals surface area contributed by atoms with Crippen LogP contribution in [0.5, 0.6) is 0 Å². The maximum Gasteiger partial charge on any atom is 0.339 e. The molecule has 12 bridgehead atoms. The zero-order valence-electron chi connectivity index (χ0n) is 51.4. The molecule has 0 radical (unpaired) electrons. The van der Waals surface area contributed by atoms with Crippen LogP contribution in [0.4, 0.5) is 0 Å². The van der Waals surface area contributed by atoms with Gasteiger partial charge in [-0.1, -0.05) is 106 Å². The lowest BCUT2D eigenvalue weighted by atomic mass is 9.27. The van der Waals surface area contributed by atoms with E-state index in [-0.39, 0.29) is 35.7 Å². The average Bonchev–Trinajstić information content (AvgIpc) is 1.30. The second-order valence-corrected chi connectivity index (χ2v) is 34.1. The minimum atomic E-state index is -1.15. The highest BCUT2D eigenvalue weighted by Gasteiger charge is 2.94. The molecule has 0 amide bonds. The van der Waals surface area contributed by atoms with Crippen molar-refractivity contribution < 1.29 is 24.2 Å². The number of aliphatic hydroxyl groups excluding tert-OH is 1. The van der Waals surface area contributed by atoms with Crippen molar-refractivity contribution in [2.24, 2.45) is 103 Å². The molecule has 11 fully saturated rings. The fourth-order valence-electron chi connectivity index (χ4n) is 29.8. The van der Waals surface area contributed by atoms with Crippen molar-refractivity contribution in [2.75, 3.05) is 26.2 Å². The fraction of sp³-hybridized carbons (Fsp3) is 0.789. The smallest absolute Gasteiger partial charge is 0.339 e. The lowest BCUT2D eigenvalue weighted by molar-refractivity contribution is -0.282. The standard InChI is InChI=1S/C76H101N3O5/c1-46-35-51-19-20-58-53-36-47-43-78(45-53)59(54-41-72(26-6-7-27-72)73(42-54)32-12-30-70(73)24-4-5-25-70)39-60(80)66-74-33-21-55-63(65(51)79(58)44-47)56(46)37-50-18-17-49(52-14-9-28-71(40-52)31-11-29-69(71)22-2-3-23-69)38-61(75(74,64(50)55)68(82)83-66)76(74)57-16-8-13-48(15-10-34-77)62(57)67(81)84-76/h8,13,16-18,46-47,49-50,52-54,56,58-59,61,63,80H,2-7,9-12,14-15,19-45,77H2,1H3. The minimum Gasteiger partial charge on any atom is -0.509 e. The first-order valence-electron chi connectivity index (χ1n) is 36.3. The molecule has 8 nitrogen and oxygen atoms in total. The van der Waals surface area contributed by atoms with Gasteiger partial charge in [-0.2, -0.15) is 0 Å². The van der Waals surface area contributed by atoms with Gasteiger partial charge in [-0.25, -0.2) is 4.79 Å². The topological polar surface area (TPSA) is 105 Å². The van der Waals surface area contributed by atoms with E-state index in [2.05, 4.69) is 47.1 Å². The van der Waals surface area contributed by atoms with Gasteiger partial charge in [0.25, 0.3) is 0 Å². The van der Waals surface area contributed by atoms with E-state index in [4.69, 9.17) is 15.2 Å². The zero-order chi connectivity index (χ0) is 56.0. The summed E-state index contributed by atoms with van der Waals surface area (Å²) in [4.78, 5) is 38.9. The summed E-state index contributed by atoms with van der Waals surface area (Å²) in [6, 6.07) is 7.33. The number of hydrogen-bond acceptors (Lipinski definition) is 8. The predicted molar refractivity (Wildman–Crippen MR) is 326 cm³/mol. The normalized spacial score (nSPS) is 48.0. The Hall–Kier alpha value is -3.36. The van der Waals surface area contributed by atoms with Gasteiger partial charge in [-0.3, -0.25) is 9.69 Å². The summed E-state index contributed by atoms with van der Waals surface area (Å²) in [7, 11) is 0. The SMILES string of the molecule is CC1CC2=C3C4C5=C6C(C=CC(C7CCCC8(CCCC89CCCC9)C7)CC7C68C(=O)OC(=C(O)CC(C6CC9(CCCC9)C9(CCCC9%10CCCC%10)C6)N6CC9CC(C6)C(CC2)N3C9)C8(CC5)C72OC(=O)c3c(CCCN)cccc32)CC14. The molecule has 9 aliphatic heterocycles. The van der Waals surface area contributed by atoms with Crippen molar-refractivity contribution >= 4 is 11.9 Å². The van der Waals surface area contributed by atoms with Gasteiger partial charge in [-0.05, 0) is 253 Å². The molecule has 450 valence electrons. The highest BCUT2D eigenvalue weighted by molar-refractivity contribution is 6.00. The van der Waals surface area contributed by atoms with Crippen LogP contribution in [0.2, 0.25) is 0 Å². The molecule has 18 atom stereocenters. The van der Waals surface area contributed by atoms with Crippen LogP contribution in [0.3, 0.4) is 0 Å².